The summed E-state index contributed by atoms with van der Waals surface area (Å²) in [7, 11) is 0. The predicted molar refractivity (Wildman–Crippen MR) is 91.6 cm³/mol. The van der Waals surface area contributed by atoms with Crippen LogP contribution >= 0.6 is 15.9 Å². The zero-order chi connectivity index (χ0) is 15.2. The average molecular weight is 362 g/mol. The van der Waals surface area contributed by atoms with Gasteiger partial charge in [0.2, 0.25) is 0 Å². The van der Waals surface area contributed by atoms with Crippen molar-refractivity contribution in [2.45, 2.75) is 45.6 Å². The molecule has 1 aromatic rings. The Hall–Kier alpha value is -0.540. The summed E-state index contributed by atoms with van der Waals surface area (Å²) in [5.41, 5.74) is 5.69. The molecule has 0 amide bonds. The topological polar surface area (TPSA) is 12.5 Å². The van der Waals surface area contributed by atoms with Crippen LogP contribution in [0.15, 0.2) is 4.47 Å². The standard InChI is InChI=1S/C19H24BrNO/c1-10-11(2)18-16(12(3)17(10)20)6-19(22-18)14-4-13-5-15(19)9-21(7-13)8-14/h13-15H,4-9H2,1-3H3. The third kappa shape index (κ3) is 1.55. The molecule has 0 radical (unpaired) electrons. The van der Waals surface area contributed by atoms with E-state index in [4.69, 9.17) is 4.74 Å². The highest BCUT2D eigenvalue weighted by Gasteiger charge is 2.61. The van der Waals surface area contributed by atoms with E-state index in [1.54, 1.807) is 0 Å². The first-order valence-electron chi connectivity index (χ1n) is 8.69. The Balaban J connectivity index is 1.63. The van der Waals surface area contributed by atoms with Crippen molar-refractivity contribution >= 4 is 15.9 Å². The van der Waals surface area contributed by atoms with Crippen LogP contribution in [0, 0.1) is 38.5 Å². The minimum atomic E-state index is 0.110. The van der Waals surface area contributed by atoms with Crippen molar-refractivity contribution in [2.24, 2.45) is 17.8 Å². The Morgan fingerprint density at radius 1 is 1.00 bits per heavy atom. The molecule has 3 heteroatoms. The normalized spacial score (nSPS) is 41.1. The lowest BCUT2D eigenvalue weighted by atomic mass is 9.58. The van der Waals surface area contributed by atoms with E-state index < -0.39 is 0 Å². The van der Waals surface area contributed by atoms with E-state index in [9.17, 15) is 0 Å². The molecule has 3 saturated heterocycles. The van der Waals surface area contributed by atoms with Gasteiger partial charge >= 0.3 is 0 Å². The summed E-state index contributed by atoms with van der Waals surface area (Å²) in [6.07, 6.45) is 3.92. The molecule has 0 N–H and O–H groups in total. The monoisotopic (exact) mass is 361 g/mol. The van der Waals surface area contributed by atoms with Crippen LogP contribution in [0.5, 0.6) is 5.75 Å². The highest BCUT2D eigenvalue weighted by atomic mass is 79.9. The van der Waals surface area contributed by atoms with Gasteiger partial charge in [0.15, 0.2) is 0 Å². The molecule has 0 aromatic heterocycles. The summed E-state index contributed by atoms with van der Waals surface area (Å²) in [4.78, 5) is 2.70. The fourth-order valence-corrected chi connectivity index (χ4v) is 6.44. The molecule has 2 atom stereocenters. The van der Waals surface area contributed by atoms with Gasteiger partial charge < -0.3 is 9.64 Å². The first kappa shape index (κ1) is 13.9. The van der Waals surface area contributed by atoms with Gasteiger partial charge in [-0.25, -0.2) is 0 Å². The summed E-state index contributed by atoms with van der Waals surface area (Å²) in [5, 5.41) is 0. The van der Waals surface area contributed by atoms with E-state index in [2.05, 4.69) is 41.6 Å². The van der Waals surface area contributed by atoms with Gasteiger partial charge in [0.05, 0.1) is 0 Å². The van der Waals surface area contributed by atoms with E-state index in [1.165, 1.54) is 65.0 Å². The Bertz CT molecular complexity index is 614. The van der Waals surface area contributed by atoms with Gasteiger partial charge in [-0.3, -0.25) is 0 Å². The predicted octanol–water partition coefficient (Wildman–Crippen LogP) is 4.02. The van der Waals surface area contributed by atoms with Crippen LogP contribution in [-0.4, -0.2) is 30.1 Å². The minimum absolute atomic E-state index is 0.110. The molecule has 6 rings (SSSR count). The quantitative estimate of drug-likeness (QED) is 0.691. The van der Waals surface area contributed by atoms with E-state index >= 15 is 0 Å². The smallest absolute Gasteiger partial charge is 0.127 e. The molecule has 118 valence electrons. The van der Waals surface area contributed by atoms with Gasteiger partial charge in [0, 0.05) is 47.9 Å². The summed E-state index contributed by atoms with van der Waals surface area (Å²) >= 11 is 3.81. The van der Waals surface area contributed by atoms with Crippen LogP contribution < -0.4 is 4.74 Å². The van der Waals surface area contributed by atoms with Gasteiger partial charge in [0.25, 0.3) is 0 Å². The number of nitrogens with zero attached hydrogens (tertiary/aromatic N) is 1. The van der Waals surface area contributed by atoms with Crippen molar-refractivity contribution in [1.82, 2.24) is 4.90 Å². The molecule has 1 aliphatic carbocycles. The lowest BCUT2D eigenvalue weighted by Crippen LogP contribution is -2.68. The summed E-state index contributed by atoms with van der Waals surface area (Å²) in [6, 6.07) is 0. The highest BCUT2D eigenvalue weighted by molar-refractivity contribution is 9.10. The zero-order valence-corrected chi connectivity index (χ0v) is 15.3. The minimum Gasteiger partial charge on any atom is -0.486 e. The molecule has 4 aliphatic heterocycles. The van der Waals surface area contributed by atoms with Crippen molar-refractivity contribution in [2.75, 3.05) is 19.6 Å². The van der Waals surface area contributed by atoms with Crippen molar-refractivity contribution in [3.63, 3.8) is 0 Å². The molecule has 1 spiro atoms. The fraction of sp³-hybridized carbons (Fsp3) is 0.684. The van der Waals surface area contributed by atoms with Crippen LogP contribution in [0.4, 0.5) is 0 Å². The van der Waals surface area contributed by atoms with E-state index in [0.717, 1.165) is 24.2 Å². The number of piperidine rings is 3. The zero-order valence-electron chi connectivity index (χ0n) is 13.7. The lowest BCUT2D eigenvalue weighted by molar-refractivity contribution is -0.158. The maximum absolute atomic E-state index is 6.87. The summed E-state index contributed by atoms with van der Waals surface area (Å²) in [5.74, 6) is 3.64. The van der Waals surface area contributed by atoms with Gasteiger partial charge in [-0.15, -0.1) is 0 Å². The van der Waals surface area contributed by atoms with Crippen molar-refractivity contribution in [3.8, 4) is 5.75 Å². The van der Waals surface area contributed by atoms with Crippen molar-refractivity contribution in [1.29, 1.82) is 0 Å². The summed E-state index contributed by atoms with van der Waals surface area (Å²) in [6.45, 7) is 10.6. The van der Waals surface area contributed by atoms with Gasteiger partial charge in [-0.05, 0) is 56.2 Å². The van der Waals surface area contributed by atoms with Crippen LogP contribution in [0.1, 0.15) is 35.1 Å². The number of benzene rings is 1. The van der Waals surface area contributed by atoms with Gasteiger partial charge in [-0.2, -0.15) is 0 Å². The van der Waals surface area contributed by atoms with Crippen molar-refractivity contribution in [3.05, 3.63) is 26.7 Å². The fourth-order valence-electron chi connectivity index (χ4n) is 5.91. The molecular formula is C19H24BrNO. The first-order chi connectivity index (χ1) is 10.5. The number of hydrogen-bond donors (Lipinski definition) is 0. The number of halogens is 1. The van der Waals surface area contributed by atoms with Crippen LogP contribution in [0.25, 0.3) is 0 Å². The Morgan fingerprint density at radius 2 is 1.68 bits per heavy atom. The van der Waals surface area contributed by atoms with Crippen LogP contribution in [0.3, 0.4) is 0 Å². The van der Waals surface area contributed by atoms with Crippen molar-refractivity contribution < 1.29 is 4.74 Å². The number of rotatable bonds is 0. The van der Waals surface area contributed by atoms with E-state index in [0.29, 0.717) is 0 Å². The average Bonchev–Trinajstić information content (AvgIpc) is 2.90. The highest BCUT2D eigenvalue weighted by Crippen LogP contribution is 2.57. The molecule has 2 nitrogen and oxygen atoms in total. The molecule has 4 fully saturated rings. The largest absolute Gasteiger partial charge is 0.486 e. The number of hydrogen-bond acceptors (Lipinski definition) is 2. The number of ether oxygens (including phenoxy) is 1. The Labute approximate surface area is 141 Å². The molecule has 4 bridgehead atoms. The van der Waals surface area contributed by atoms with Crippen LogP contribution in [-0.2, 0) is 6.42 Å². The molecule has 1 aromatic carbocycles. The molecule has 4 heterocycles. The first-order valence-corrected chi connectivity index (χ1v) is 9.48. The molecule has 1 saturated carbocycles. The summed E-state index contributed by atoms with van der Waals surface area (Å²) < 4.78 is 8.16. The molecule has 5 aliphatic rings. The van der Waals surface area contributed by atoms with Gasteiger partial charge in [0.1, 0.15) is 11.4 Å². The maximum Gasteiger partial charge on any atom is 0.127 e. The molecule has 2 unspecified atom stereocenters. The maximum atomic E-state index is 6.87. The second-order valence-electron chi connectivity index (χ2n) is 8.18. The second kappa shape index (κ2) is 4.30. The lowest BCUT2D eigenvalue weighted by Gasteiger charge is -2.60. The van der Waals surface area contributed by atoms with Crippen LogP contribution in [0.2, 0.25) is 0 Å². The Kier molecular flexibility index (Phi) is 2.71. The van der Waals surface area contributed by atoms with E-state index in [-0.39, 0.29) is 5.60 Å². The SMILES string of the molecule is Cc1c(C)c2c(c(C)c1Br)CC1(O2)C2CC3CC1CN(C3)C2. The van der Waals surface area contributed by atoms with E-state index in [1.807, 2.05) is 0 Å². The molecular weight excluding hydrogens is 338 g/mol. The second-order valence-corrected chi connectivity index (χ2v) is 8.97. The third-order valence-corrected chi connectivity index (χ3v) is 8.31. The van der Waals surface area contributed by atoms with Gasteiger partial charge in [-0.1, -0.05) is 15.9 Å². The molecule has 22 heavy (non-hydrogen) atoms. The Morgan fingerprint density at radius 3 is 2.32 bits per heavy atom. The third-order valence-electron chi connectivity index (χ3n) is 7.12. The number of fused-ring (bicyclic) bond motifs is 1.